The highest BCUT2D eigenvalue weighted by atomic mass is 32.1. The van der Waals surface area contributed by atoms with Gasteiger partial charge in [0.15, 0.2) is 0 Å². The molecule has 2 heterocycles. The topological polar surface area (TPSA) is 19.6 Å². The summed E-state index contributed by atoms with van der Waals surface area (Å²) in [5.41, 5.74) is 2.62. The normalized spacial score (nSPS) is 11.7. The van der Waals surface area contributed by atoms with Crippen molar-refractivity contribution in [3.63, 3.8) is 0 Å². The molecule has 0 aliphatic heterocycles. The molecule has 110 valence electrons. The summed E-state index contributed by atoms with van der Waals surface area (Å²) in [7, 11) is 4.23. The molecule has 4 heteroatoms. The highest BCUT2D eigenvalue weighted by molar-refractivity contribution is 7.07. The molecule has 0 N–H and O–H groups in total. The van der Waals surface area contributed by atoms with Crippen molar-refractivity contribution in [1.29, 1.82) is 0 Å². The van der Waals surface area contributed by atoms with Gasteiger partial charge in [0.1, 0.15) is 11.5 Å². The van der Waals surface area contributed by atoms with E-state index in [0.29, 0.717) is 0 Å². The molecule has 20 heavy (non-hydrogen) atoms. The van der Waals surface area contributed by atoms with Crippen molar-refractivity contribution in [2.24, 2.45) is 0 Å². The highest BCUT2D eigenvalue weighted by Gasteiger charge is 2.11. The number of hydrogen-bond donors (Lipinski definition) is 0. The molecule has 0 aliphatic carbocycles. The Kier molecular flexibility index (Phi) is 5.40. The summed E-state index contributed by atoms with van der Waals surface area (Å²) in [6, 6.07) is 4.36. The second-order valence-corrected chi connectivity index (χ2v) is 6.38. The summed E-state index contributed by atoms with van der Waals surface area (Å²) in [5.74, 6) is 2.09. The molecule has 0 bridgehead atoms. The van der Waals surface area contributed by atoms with Gasteiger partial charge < -0.3 is 9.32 Å². The molecule has 0 saturated carbocycles. The highest BCUT2D eigenvalue weighted by Crippen LogP contribution is 2.17. The average Bonchev–Trinajstić information content (AvgIpc) is 2.98. The Morgan fingerprint density at radius 3 is 2.50 bits per heavy atom. The van der Waals surface area contributed by atoms with Crippen molar-refractivity contribution in [2.75, 3.05) is 27.2 Å². The molecular formula is C16H24N2OS. The molecule has 0 saturated heterocycles. The fraction of sp³-hybridized carbons (Fsp3) is 0.500. The number of rotatable bonds is 7. The lowest BCUT2D eigenvalue weighted by Crippen LogP contribution is -2.30. The van der Waals surface area contributed by atoms with E-state index in [1.807, 2.05) is 6.92 Å². The van der Waals surface area contributed by atoms with Crippen LogP contribution in [0.25, 0.3) is 0 Å². The van der Waals surface area contributed by atoms with E-state index in [9.17, 15) is 0 Å². The standard InChI is InChI=1S/C16H24N2OS/c1-13-9-16(19-14(13)2)11-18(7-6-17(3)4)10-15-5-8-20-12-15/h5,8-9,12H,6-7,10-11H2,1-4H3. The third-order valence-corrected chi connectivity index (χ3v) is 4.18. The summed E-state index contributed by atoms with van der Waals surface area (Å²) in [5, 5.41) is 4.36. The molecule has 3 nitrogen and oxygen atoms in total. The van der Waals surface area contributed by atoms with E-state index >= 15 is 0 Å². The maximum atomic E-state index is 5.82. The van der Waals surface area contributed by atoms with Crippen molar-refractivity contribution in [3.8, 4) is 0 Å². The first-order chi connectivity index (χ1) is 9.54. The Bertz CT molecular complexity index is 497. The van der Waals surface area contributed by atoms with E-state index < -0.39 is 0 Å². The zero-order chi connectivity index (χ0) is 14.5. The lowest BCUT2D eigenvalue weighted by Gasteiger charge is -2.22. The number of thiophene rings is 1. The van der Waals surface area contributed by atoms with Crippen molar-refractivity contribution in [3.05, 3.63) is 45.5 Å². The minimum Gasteiger partial charge on any atom is -0.465 e. The number of furan rings is 1. The molecule has 0 amide bonds. The van der Waals surface area contributed by atoms with Crippen LogP contribution in [0.4, 0.5) is 0 Å². The number of aryl methyl sites for hydroxylation is 2. The molecule has 0 spiro atoms. The minimum absolute atomic E-state index is 0.873. The van der Waals surface area contributed by atoms with Crippen LogP contribution >= 0.6 is 11.3 Å². The molecule has 0 aliphatic rings. The Morgan fingerprint density at radius 1 is 1.15 bits per heavy atom. The molecule has 0 unspecified atom stereocenters. The van der Waals surface area contributed by atoms with E-state index in [2.05, 4.69) is 53.7 Å². The van der Waals surface area contributed by atoms with Gasteiger partial charge in [-0.2, -0.15) is 11.3 Å². The van der Waals surface area contributed by atoms with E-state index in [4.69, 9.17) is 4.42 Å². The van der Waals surface area contributed by atoms with Gasteiger partial charge in [-0.15, -0.1) is 0 Å². The summed E-state index contributed by atoms with van der Waals surface area (Å²) in [6.07, 6.45) is 0. The summed E-state index contributed by atoms with van der Waals surface area (Å²) in [4.78, 5) is 4.67. The van der Waals surface area contributed by atoms with Gasteiger partial charge in [-0.3, -0.25) is 4.90 Å². The molecule has 0 atom stereocenters. The maximum absolute atomic E-state index is 5.82. The summed E-state index contributed by atoms with van der Waals surface area (Å²) < 4.78 is 5.82. The second kappa shape index (κ2) is 7.07. The van der Waals surface area contributed by atoms with Crippen LogP contribution in [-0.2, 0) is 13.1 Å². The van der Waals surface area contributed by atoms with Crippen molar-refractivity contribution in [2.45, 2.75) is 26.9 Å². The fourth-order valence-corrected chi connectivity index (χ4v) is 2.80. The predicted octanol–water partition coefficient (Wildman–Crippen LogP) is 3.52. The molecule has 2 rings (SSSR count). The van der Waals surface area contributed by atoms with Crippen LogP contribution in [0.15, 0.2) is 27.3 Å². The SMILES string of the molecule is Cc1cc(CN(CCN(C)C)Cc2ccsc2)oc1C. The van der Waals surface area contributed by atoms with Crippen molar-refractivity contribution in [1.82, 2.24) is 9.80 Å². The van der Waals surface area contributed by atoms with E-state index in [1.165, 1.54) is 11.1 Å². The smallest absolute Gasteiger partial charge is 0.118 e. The Balaban J connectivity index is 2.01. The third-order valence-electron chi connectivity index (χ3n) is 3.45. The van der Waals surface area contributed by atoms with Crippen LogP contribution < -0.4 is 0 Å². The predicted molar refractivity (Wildman–Crippen MR) is 85.2 cm³/mol. The van der Waals surface area contributed by atoms with Crippen LogP contribution in [0.2, 0.25) is 0 Å². The lowest BCUT2D eigenvalue weighted by atomic mass is 10.2. The Hall–Kier alpha value is -1.10. The second-order valence-electron chi connectivity index (χ2n) is 5.60. The van der Waals surface area contributed by atoms with Gasteiger partial charge in [-0.1, -0.05) is 0 Å². The van der Waals surface area contributed by atoms with Crippen molar-refractivity contribution >= 4 is 11.3 Å². The van der Waals surface area contributed by atoms with Crippen LogP contribution in [0.5, 0.6) is 0 Å². The number of nitrogens with zero attached hydrogens (tertiary/aromatic N) is 2. The van der Waals surface area contributed by atoms with Crippen LogP contribution in [0.1, 0.15) is 22.6 Å². The minimum atomic E-state index is 0.873. The van der Waals surface area contributed by atoms with Crippen LogP contribution in [-0.4, -0.2) is 37.0 Å². The quantitative estimate of drug-likeness (QED) is 0.778. The van der Waals surface area contributed by atoms with Gasteiger partial charge in [-0.05, 0) is 62.0 Å². The molecule has 0 radical (unpaired) electrons. The first-order valence-electron chi connectivity index (χ1n) is 6.98. The average molecular weight is 292 g/mol. The molecular weight excluding hydrogens is 268 g/mol. The molecule has 2 aromatic rings. The number of likely N-dealkylation sites (N-methyl/N-ethyl adjacent to an activating group) is 1. The third kappa shape index (κ3) is 4.47. The largest absolute Gasteiger partial charge is 0.465 e. The maximum Gasteiger partial charge on any atom is 0.118 e. The van der Waals surface area contributed by atoms with E-state index in [0.717, 1.165) is 37.7 Å². The van der Waals surface area contributed by atoms with Gasteiger partial charge in [0, 0.05) is 19.6 Å². The molecule has 0 fully saturated rings. The van der Waals surface area contributed by atoms with Crippen LogP contribution in [0.3, 0.4) is 0 Å². The zero-order valence-corrected chi connectivity index (χ0v) is 13.7. The Labute approximate surface area is 125 Å². The summed E-state index contributed by atoms with van der Waals surface area (Å²) >= 11 is 1.76. The van der Waals surface area contributed by atoms with Crippen LogP contribution in [0, 0.1) is 13.8 Å². The van der Waals surface area contributed by atoms with Gasteiger partial charge in [0.05, 0.1) is 6.54 Å². The van der Waals surface area contributed by atoms with Gasteiger partial charge in [-0.25, -0.2) is 0 Å². The van der Waals surface area contributed by atoms with E-state index in [1.54, 1.807) is 11.3 Å². The first-order valence-corrected chi connectivity index (χ1v) is 7.93. The van der Waals surface area contributed by atoms with Crippen molar-refractivity contribution < 1.29 is 4.42 Å². The first kappa shape index (κ1) is 15.3. The van der Waals surface area contributed by atoms with Gasteiger partial charge in [0.25, 0.3) is 0 Å². The Morgan fingerprint density at radius 2 is 1.95 bits per heavy atom. The van der Waals surface area contributed by atoms with E-state index in [-0.39, 0.29) is 0 Å². The van der Waals surface area contributed by atoms with Gasteiger partial charge in [0.2, 0.25) is 0 Å². The monoisotopic (exact) mass is 292 g/mol. The zero-order valence-electron chi connectivity index (χ0n) is 12.8. The molecule has 0 aromatic carbocycles. The lowest BCUT2D eigenvalue weighted by molar-refractivity contribution is 0.210. The molecule has 2 aromatic heterocycles. The summed E-state index contributed by atoms with van der Waals surface area (Å²) in [6.45, 7) is 8.09. The number of hydrogen-bond acceptors (Lipinski definition) is 4. The fourth-order valence-electron chi connectivity index (χ4n) is 2.14. The van der Waals surface area contributed by atoms with Gasteiger partial charge >= 0.3 is 0 Å².